The molecule has 0 aromatic rings. The Labute approximate surface area is 138 Å². The Balaban J connectivity index is 2.10. The Morgan fingerprint density at radius 2 is 2.05 bits per heavy atom. The Hall–Kier alpha value is -0.400. The Morgan fingerprint density at radius 3 is 2.64 bits per heavy atom. The molecule has 0 aliphatic carbocycles. The standard InChI is InChI=1S/C10H14IN2O8P/c11-4-1-3(10(16)13-9(4)12)8-7(15)6(14)5(21-8)2-20-22(17,18)19/h1,3,5-8,14-15H,2H2,(H2,12,13,16)(H2,17,18,19)/t3-,5-,6-,7-,8?/m1/s1. The second kappa shape index (κ2) is 6.61. The number of halogens is 1. The highest BCUT2D eigenvalue weighted by molar-refractivity contribution is 14.1. The number of hydrogen-bond donors (Lipinski definition) is 5. The molecule has 124 valence electrons. The SMILES string of the molecule is NC1=NC(=O)[C@@H](C2O[C@H](COP(=O)(O)O)[C@@H](O)[C@H]2O)C=C1I. The lowest BCUT2D eigenvalue weighted by molar-refractivity contribution is -0.126. The van der Waals surface area contributed by atoms with Gasteiger partial charge in [0.2, 0.25) is 0 Å². The number of hydrogen-bond acceptors (Lipinski definition) is 7. The fourth-order valence-corrected chi connectivity index (χ4v) is 3.03. The third kappa shape index (κ3) is 3.92. The summed E-state index contributed by atoms with van der Waals surface area (Å²) >= 11 is 1.86. The minimum atomic E-state index is -4.74. The molecule has 12 heteroatoms. The van der Waals surface area contributed by atoms with Gasteiger partial charge in [-0.15, -0.1) is 0 Å². The number of rotatable bonds is 4. The largest absolute Gasteiger partial charge is 0.469 e. The number of aliphatic imine (C=N–C) groups is 1. The number of phosphoric ester groups is 1. The van der Waals surface area contributed by atoms with Crippen LogP contribution in [0.3, 0.4) is 0 Å². The summed E-state index contributed by atoms with van der Waals surface area (Å²) in [6.45, 7) is -0.633. The molecule has 1 unspecified atom stereocenters. The van der Waals surface area contributed by atoms with Crippen molar-refractivity contribution in [1.29, 1.82) is 0 Å². The van der Waals surface area contributed by atoms with E-state index in [2.05, 4.69) is 9.52 Å². The zero-order valence-electron chi connectivity index (χ0n) is 10.9. The van der Waals surface area contributed by atoms with Crippen LogP contribution in [0, 0.1) is 5.92 Å². The highest BCUT2D eigenvalue weighted by Crippen LogP contribution is 2.38. The van der Waals surface area contributed by atoms with Gasteiger partial charge in [-0.05, 0) is 22.6 Å². The van der Waals surface area contributed by atoms with Crippen molar-refractivity contribution >= 4 is 42.2 Å². The molecule has 1 fully saturated rings. The van der Waals surface area contributed by atoms with Crippen LogP contribution in [0.15, 0.2) is 14.6 Å². The molecule has 2 aliphatic heterocycles. The summed E-state index contributed by atoms with van der Waals surface area (Å²) in [7, 11) is -4.74. The fraction of sp³-hybridized carbons (Fsp3) is 0.600. The van der Waals surface area contributed by atoms with Gasteiger partial charge in [0.1, 0.15) is 30.3 Å². The Bertz CT molecular complexity index is 575. The van der Waals surface area contributed by atoms with Crippen LogP contribution in [0.1, 0.15) is 0 Å². The van der Waals surface area contributed by atoms with Crippen molar-refractivity contribution in [3.05, 3.63) is 9.66 Å². The van der Waals surface area contributed by atoms with Gasteiger partial charge in [-0.2, -0.15) is 4.99 Å². The first kappa shape index (κ1) is 17.9. The van der Waals surface area contributed by atoms with Crippen LogP contribution < -0.4 is 5.73 Å². The number of dihydropyridines is 1. The molecule has 0 spiro atoms. The maximum atomic E-state index is 11.9. The van der Waals surface area contributed by atoms with Crippen LogP contribution in [0.4, 0.5) is 0 Å². The van der Waals surface area contributed by atoms with Gasteiger partial charge >= 0.3 is 7.82 Å². The number of phosphoric acid groups is 1. The van der Waals surface area contributed by atoms with E-state index in [1.54, 1.807) is 0 Å². The minimum absolute atomic E-state index is 0.0521. The van der Waals surface area contributed by atoms with E-state index in [0.29, 0.717) is 3.58 Å². The Kier molecular flexibility index (Phi) is 5.39. The number of nitrogens with zero attached hydrogens (tertiary/aromatic N) is 1. The van der Waals surface area contributed by atoms with Gasteiger partial charge < -0.3 is 30.5 Å². The molecular formula is C10H14IN2O8P. The lowest BCUT2D eigenvalue weighted by Crippen LogP contribution is -2.40. The number of nitrogens with two attached hydrogens (primary N) is 1. The summed E-state index contributed by atoms with van der Waals surface area (Å²) in [5.74, 6) is -1.54. The fourth-order valence-electron chi connectivity index (χ4n) is 2.18. The van der Waals surface area contributed by atoms with Gasteiger partial charge in [0.15, 0.2) is 0 Å². The number of aliphatic hydroxyl groups is 2. The highest BCUT2D eigenvalue weighted by Gasteiger charge is 2.48. The van der Waals surface area contributed by atoms with Gasteiger partial charge in [0, 0.05) is 0 Å². The van der Waals surface area contributed by atoms with Crippen LogP contribution in [0.25, 0.3) is 0 Å². The molecule has 6 N–H and O–H groups in total. The molecule has 0 saturated carbocycles. The van der Waals surface area contributed by atoms with Crippen LogP contribution in [0.2, 0.25) is 0 Å². The van der Waals surface area contributed by atoms with Crippen molar-refractivity contribution in [2.45, 2.75) is 24.4 Å². The summed E-state index contributed by atoms with van der Waals surface area (Å²) in [6, 6.07) is 0. The predicted octanol–water partition coefficient (Wildman–Crippen LogP) is -1.58. The normalized spacial score (nSPS) is 36.2. The Morgan fingerprint density at radius 1 is 1.41 bits per heavy atom. The number of amides is 1. The average molecular weight is 448 g/mol. The third-order valence-corrected chi connectivity index (χ3v) is 4.64. The van der Waals surface area contributed by atoms with E-state index in [1.165, 1.54) is 6.08 Å². The molecule has 0 bridgehead atoms. The van der Waals surface area contributed by atoms with Crippen molar-refractivity contribution < 1.29 is 38.6 Å². The highest BCUT2D eigenvalue weighted by atomic mass is 127. The first-order valence-electron chi connectivity index (χ1n) is 6.07. The van der Waals surface area contributed by atoms with Crippen molar-refractivity contribution in [2.24, 2.45) is 16.6 Å². The van der Waals surface area contributed by atoms with Gasteiger partial charge in [0.25, 0.3) is 5.91 Å². The van der Waals surface area contributed by atoms with Gasteiger partial charge in [-0.3, -0.25) is 9.32 Å². The lowest BCUT2D eigenvalue weighted by atomic mass is 9.94. The second-order valence-electron chi connectivity index (χ2n) is 4.78. The molecule has 1 saturated heterocycles. The van der Waals surface area contributed by atoms with E-state index in [4.69, 9.17) is 20.3 Å². The molecule has 0 aromatic carbocycles. The monoisotopic (exact) mass is 448 g/mol. The molecule has 0 aromatic heterocycles. The van der Waals surface area contributed by atoms with Gasteiger partial charge in [-0.25, -0.2) is 4.57 Å². The zero-order chi connectivity index (χ0) is 16.7. The third-order valence-electron chi connectivity index (χ3n) is 3.25. The molecule has 5 atom stereocenters. The zero-order valence-corrected chi connectivity index (χ0v) is 14.0. The molecule has 10 nitrogen and oxygen atoms in total. The van der Waals surface area contributed by atoms with E-state index in [9.17, 15) is 19.6 Å². The molecule has 2 aliphatic rings. The minimum Gasteiger partial charge on any atom is -0.388 e. The van der Waals surface area contributed by atoms with Gasteiger partial charge in [0.05, 0.1) is 16.1 Å². The van der Waals surface area contributed by atoms with E-state index >= 15 is 0 Å². The van der Waals surface area contributed by atoms with Crippen molar-refractivity contribution in [1.82, 2.24) is 0 Å². The van der Waals surface area contributed by atoms with Gasteiger partial charge in [-0.1, -0.05) is 6.08 Å². The summed E-state index contributed by atoms with van der Waals surface area (Å²) < 4.78 is 20.8. The van der Waals surface area contributed by atoms with Crippen LogP contribution in [-0.4, -0.2) is 62.8 Å². The number of ether oxygens (including phenoxy) is 1. The maximum Gasteiger partial charge on any atom is 0.469 e. The van der Waals surface area contributed by atoms with Crippen LogP contribution in [0.5, 0.6) is 0 Å². The summed E-state index contributed by atoms with van der Waals surface area (Å²) in [5, 5.41) is 19.8. The lowest BCUT2D eigenvalue weighted by Gasteiger charge is -2.23. The molecule has 0 radical (unpaired) electrons. The quantitative estimate of drug-likeness (QED) is 0.251. The number of carbonyl (C=O) groups is 1. The molecular weight excluding hydrogens is 434 g/mol. The van der Waals surface area contributed by atoms with Crippen LogP contribution >= 0.6 is 30.4 Å². The van der Waals surface area contributed by atoms with E-state index in [-0.39, 0.29) is 5.84 Å². The number of aliphatic hydroxyl groups excluding tert-OH is 2. The van der Waals surface area contributed by atoms with E-state index < -0.39 is 50.7 Å². The van der Waals surface area contributed by atoms with Crippen molar-refractivity contribution in [3.63, 3.8) is 0 Å². The first-order chi connectivity index (χ1) is 10.1. The van der Waals surface area contributed by atoms with Crippen molar-refractivity contribution in [3.8, 4) is 0 Å². The molecule has 22 heavy (non-hydrogen) atoms. The molecule has 2 rings (SSSR count). The predicted molar refractivity (Wildman–Crippen MR) is 80.9 cm³/mol. The average Bonchev–Trinajstić information content (AvgIpc) is 2.68. The van der Waals surface area contributed by atoms with E-state index in [0.717, 1.165) is 0 Å². The summed E-state index contributed by atoms with van der Waals surface area (Å²) in [4.78, 5) is 32.8. The maximum absolute atomic E-state index is 11.9. The number of carbonyl (C=O) groups excluding carboxylic acids is 1. The number of amidine groups is 1. The first-order valence-corrected chi connectivity index (χ1v) is 8.68. The smallest absolute Gasteiger partial charge is 0.388 e. The van der Waals surface area contributed by atoms with E-state index in [1.807, 2.05) is 22.6 Å². The van der Waals surface area contributed by atoms with Crippen LogP contribution in [-0.2, 0) is 18.6 Å². The summed E-state index contributed by atoms with van der Waals surface area (Å²) in [5.41, 5.74) is 5.51. The molecule has 1 amide bonds. The summed E-state index contributed by atoms with van der Waals surface area (Å²) in [6.07, 6.45) is -3.74. The van der Waals surface area contributed by atoms with Crippen molar-refractivity contribution in [2.75, 3.05) is 6.61 Å². The topological polar surface area (TPSA) is 172 Å². The second-order valence-corrected chi connectivity index (χ2v) is 7.18. The molecule has 2 heterocycles.